The van der Waals surface area contributed by atoms with Gasteiger partial charge >= 0.3 is 0 Å². The molecule has 2 nitrogen and oxygen atoms in total. The van der Waals surface area contributed by atoms with Crippen molar-refractivity contribution in [3.63, 3.8) is 0 Å². The number of rotatable bonds is 7. The minimum atomic E-state index is 0.471. The smallest absolute Gasteiger partial charge is 0.124 e. The Hall–Kier alpha value is -1.03. The Balaban J connectivity index is 2.05. The minimum Gasteiger partial charge on any atom is -0.489 e. The fourth-order valence-electron chi connectivity index (χ4n) is 2.09. The summed E-state index contributed by atoms with van der Waals surface area (Å²) in [6, 6.07) is 13.8. The van der Waals surface area contributed by atoms with Gasteiger partial charge in [0.05, 0.1) is 0 Å². The first-order valence-corrected chi connectivity index (χ1v) is 8.58. The number of hydrogen-bond acceptors (Lipinski definition) is 2. The van der Waals surface area contributed by atoms with E-state index in [4.69, 9.17) is 16.3 Å². The van der Waals surface area contributed by atoms with Crippen LogP contribution in [0.1, 0.15) is 25.0 Å². The van der Waals surface area contributed by atoms with E-state index < -0.39 is 0 Å². The molecular weight excluding hydrogens is 362 g/mol. The summed E-state index contributed by atoms with van der Waals surface area (Å²) in [5.74, 6) is 1.51. The molecule has 0 spiro atoms. The quantitative estimate of drug-likeness (QED) is 0.689. The average molecular weight is 383 g/mol. The predicted octanol–water partition coefficient (Wildman–Crippen LogP) is 5.43. The zero-order chi connectivity index (χ0) is 15.9. The van der Waals surface area contributed by atoms with Crippen LogP contribution in [0.5, 0.6) is 5.75 Å². The van der Waals surface area contributed by atoms with Crippen LogP contribution in [0.2, 0.25) is 5.02 Å². The molecule has 0 atom stereocenters. The monoisotopic (exact) mass is 381 g/mol. The van der Waals surface area contributed by atoms with Crippen molar-refractivity contribution < 1.29 is 4.74 Å². The first-order chi connectivity index (χ1) is 10.6. The molecule has 0 aliphatic heterocycles. The molecule has 0 unspecified atom stereocenters. The number of benzene rings is 2. The minimum absolute atomic E-state index is 0.471. The second-order valence-electron chi connectivity index (χ2n) is 5.66. The number of hydrogen-bond donors (Lipinski definition) is 1. The Kier molecular flexibility index (Phi) is 6.74. The van der Waals surface area contributed by atoms with Crippen LogP contribution in [0.3, 0.4) is 0 Å². The third kappa shape index (κ3) is 5.31. The van der Waals surface area contributed by atoms with Gasteiger partial charge in [-0.05, 0) is 36.7 Å². The molecule has 0 saturated carbocycles. The van der Waals surface area contributed by atoms with Gasteiger partial charge in [-0.1, -0.05) is 59.6 Å². The zero-order valence-electron chi connectivity index (χ0n) is 12.9. The van der Waals surface area contributed by atoms with Gasteiger partial charge in [-0.25, -0.2) is 0 Å². The molecule has 4 heteroatoms. The van der Waals surface area contributed by atoms with Crippen molar-refractivity contribution in [1.82, 2.24) is 5.32 Å². The predicted molar refractivity (Wildman–Crippen MR) is 96.5 cm³/mol. The number of halogens is 2. The van der Waals surface area contributed by atoms with Gasteiger partial charge in [0.2, 0.25) is 0 Å². The van der Waals surface area contributed by atoms with Gasteiger partial charge in [0.25, 0.3) is 0 Å². The summed E-state index contributed by atoms with van der Waals surface area (Å²) in [5, 5.41) is 4.19. The molecule has 0 amide bonds. The zero-order valence-corrected chi connectivity index (χ0v) is 15.2. The van der Waals surface area contributed by atoms with E-state index in [0.717, 1.165) is 39.5 Å². The molecule has 2 aromatic carbocycles. The summed E-state index contributed by atoms with van der Waals surface area (Å²) in [7, 11) is 0. The van der Waals surface area contributed by atoms with Crippen LogP contribution in [0, 0.1) is 5.92 Å². The SMILES string of the molecule is CC(C)CNCc1cc(Br)ccc1OCc1ccccc1Cl. The van der Waals surface area contributed by atoms with Gasteiger partial charge in [-0.2, -0.15) is 0 Å². The molecule has 0 aromatic heterocycles. The highest BCUT2D eigenvalue weighted by Gasteiger charge is 2.07. The fraction of sp³-hybridized carbons (Fsp3) is 0.333. The van der Waals surface area contributed by atoms with Gasteiger partial charge in [0, 0.05) is 27.2 Å². The highest BCUT2D eigenvalue weighted by atomic mass is 79.9. The van der Waals surface area contributed by atoms with Crippen LogP contribution in [0.4, 0.5) is 0 Å². The van der Waals surface area contributed by atoms with Crippen molar-refractivity contribution in [3.8, 4) is 5.75 Å². The van der Waals surface area contributed by atoms with E-state index >= 15 is 0 Å². The average Bonchev–Trinajstić information content (AvgIpc) is 2.47. The van der Waals surface area contributed by atoms with E-state index in [1.54, 1.807) is 0 Å². The summed E-state index contributed by atoms with van der Waals surface area (Å²) in [4.78, 5) is 0. The second-order valence-corrected chi connectivity index (χ2v) is 6.98. The van der Waals surface area contributed by atoms with Crippen molar-refractivity contribution in [2.24, 2.45) is 5.92 Å². The normalized spacial score (nSPS) is 11.0. The summed E-state index contributed by atoms with van der Waals surface area (Å²) >= 11 is 9.69. The molecule has 0 radical (unpaired) electrons. The van der Waals surface area contributed by atoms with Gasteiger partial charge in [0.1, 0.15) is 12.4 Å². The van der Waals surface area contributed by atoms with E-state index in [1.807, 2.05) is 36.4 Å². The van der Waals surface area contributed by atoms with Crippen molar-refractivity contribution in [3.05, 3.63) is 63.1 Å². The molecule has 22 heavy (non-hydrogen) atoms. The van der Waals surface area contributed by atoms with Gasteiger partial charge in [-0.3, -0.25) is 0 Å². The van der Waals surface area contributed by atoms with Crippen molar-refractivity contribution in [2.75, 3.05) is 6.54 Å². The van der Waals surface area contributed by atoms with E-state index in [-0.39, 0.29) is 0 Å². The van der Waals surface area contributed by atoms with Crippen LogP contribution in [-0.4, -0.2) is 6.54 Å². The van der Waals surface area contributed by atoms with Crippen LogP contribution in [0.15, 0.2) is 46.9 Å². The number of nitrogens with one attached hydrogen (secondary N) is 1. The molecule has 0 saturated heterocycles. The molecule has 0 fully saturated rings. The lowest BCUT2D eigenvalue weighted by Crippen LogP contribution is -2.19. The van der Waals surface area contributed by atoms with Gasteiger partial charge in [-0.15, -0.1) is 0 Å². The molecule has 0 bridgehead atoms. The second kappa shape index (κ2) is 8.56. The third-order valence-corrected chi connectivity index (χ3v) is 4.09. The Bertz CT molecular complexity index is 616. The lowest BCUT2D eigenvalue weighted by Gasteiger charge is -2.14. The highest BCUT2D eigenvalue weighted by molar-refractivity contribution is 9.10. The van der Waals surface area contributed by atoms with E-state index in [1.165, 1.54) is 0 Å². The lowest BCUT2D eigenvalue weighted by molar-refractivity contribution is 0.302. The van der Waals surface area contributed by atoms with Crippen LogP contribution >= 0.6 is 27.5 Å². The summed E-state index contributed by atoms with van der Waals surface area (Å²) in [6.07, 6.45) is 0. The van der Waals surface area contributed by atoms with Crippen molar-refractivity contribution in [2.45, 2.75) is 27.0 Å². The maximum absolute atomic E-state index is 6.17. The van der Waals surface area contributed by atoms with Crippen LogP contribution in [0.25, 0.3) is 0 Å². The molecule has 0 heterocycles. The molecule has 0 aliphatic rings. The lowest BCUT2D eigenvalue weighted by atomic mass is 10.1. The van der Waals surface area contributed by atoms with Gasteiger partial charge in [0.15, 0.2) is 0 Å². The molecule has 0 aliphatic carbocycles. The van der Waals surface area contributed by atoms with Crippen LogP contribution < -0.4 is 10.1 Å². The van der Waals surface area contributed by atoms with Crippen molar-refractivity contribution in [1.29, 1.82) is 0 Å². The highest BCUT2D eigenvalue weighted by Crippen LogP contribution is 2.25. The third-order valence-electron chi connectivity index (χ3n) is 3.23. The standard InChI is InChI=1S/C18H21BrClNO/c1-13(2)10-21-11-15-9-16(19)7-8-18(15)22-12-14-5-3-4-6-17(14)20/h3-9,13,21H,10-12H2,1-2H3. The van der Waals surface area contributed by atoms with E-state index in [9.17, 15) is 0 Å². The Morgan fingerprint density at radius 1 is 1.14 bits per heavy atom. The molecule has 2 aromatic rings. The maximum atomic E-state index is 6.17. The topological polar surface area (TPSA) is 21.3 Å². The molecular formula is C18H21BrClNO. The molecule has 1 N–H and O–H groups in total. The van der Waals surface area contributed by atoms with Crippen LogP contribution in [-0.2, 0) is 13.2 Å². The summed E-state index contributed by atoms with van der Waals surface area (Å²) in [5.41, 5.74) is 2.13. The number of ether oxygens (including phenoxy) is 1. The Morgan fingerprint density at radius 2 is 1.91 bits per heavy atom. The van der Waals surface area contributed by atoms with Gasteiger partial charge < -0.3 is 10.1 Å². The summed E-state index contributed by atoms with van der Waals surface area (Å²) < 4.78 is 7.03. The first-order valence-electron chi connectivity index (χ1n) is 7.41. The Labute approximate surface area is 146 Å². The maximum Gasteiger partial charge on any atom is 0.124 e. The fourth-order valence-corrected chi connectivity index (χ4v) is 2.69. The Morgan fingerprint density at radius 3 is 2.64 bits per heavy atom. The summed E-state index contributed by atoms with van der Waals surface area (Å²) in [6.45, 7) is 6.63. The van der Waals surface area contributed by atoms with E-state index in [2.05, 4.69) is 41.2 Å². The van der Waals surface area contributed by atoms with E-state index in [0.29, 0.717) is 12.5 Å². The molecule has 118 valence electrons. The molecule has 2 rings (SSSR count). The first kappa shape index (κ1) is 17.3. The largest absolute Gasteiger partial charge is 0.489 e. The van der Waals surface area contributed by atoms with Crippen molar-refractivity contribution >= 4 is 27.5 Å².